The summed E-state index contributed by atoms with van der Waals surface area (Å²) < 4.78 is 0. The summed E-state index contributed by atoms with van der Waals surface area (Å²) in [6, 6.07) is 28.7. The van der Waals surface area contributed by atoms with Crippen LogP contribution < -0.4 is 4.90 Å². The molecule has 0 N–H and O–H groups in total. The summed E-state index contributed by atoms with van der Waals surface area (Å²) in [5.74, 6) is -2.26. The monoisotopic (exact) mass is 533 g/mol. The summed E-state index contributed by atoms with van der Waals surface area (Å²) in [5, 5.41) is 11.5. The maximum Gasteiger partial charge on any atom is 0.269 e. The zero-order chi connectivity index (χ0) is 26.9. The maximum absolute atomic E-state index is 14.4. The van der Waals surface area contributed by atoms with E-state index in [0.717, 1.165) is 22.3 Å². The van der Waals surface area contributed by atoms with Gasteiger partial charge in [-0.3, -0.25) is 24.7 Å². The number of nitro benzene ring substituents is 1. The van der Waals surface area contributed by atoms with Crippen molar-refractivity contribution in [1.82, 2.24) is 0 Å². The van der Waals surface area contributed by atoms with Crippen LogP contribution in [0.3, 0.4) is 0 Å². The van der Waals surface area contributed by atoms with Gasteiger partial charge in [0, 0.05) is 24.3 Å². The Morgan fingerprint density at radius 1 is 0.821 bits per heavy atom. The molecule has 2 atom stereocenters. The minimum absolute atomic E-state index is 0.0343. The predicted molar refractivity (Wildman–Crippen MR) is 148 cm³/mol. The molecule has 0 unspecified atom stereocenters. The number of hydrogen-bond acceptors (Lipinski definition) is 5. The lowest BCUT2D eigenvalue weighted by Crippen LogP contribution is -2.54. The quantitative estimate of drug-likeness (QED) is 0.135. The van der Waals surface area contributed by atoms with E-state index in [0.29, 0.717) is 16.4 Å². The number of hydrogen-bond donors (Lipinski definition) is 0. The van der Waals surface area contributed by atoms with Crippen molar-refractivity contribution in [2.45, 2.75) is 11.3 Å². The molecule has 1 aliphatic heterocycles. The van der Waals surface area contributed by atoms with Crippen molar-refractivity contribution in [3.05, 3.63) is 134 Å². The number of rotatable bonds is 4. The van der Waals surface area contributed by atoms with E-state index in [1.807, 2.05) is 48.5 Å². The van der Waals surface area contributed by atoms with Gasteiger partial charge in [0.15, 0.2) is 0 Å². The van der Waals surface area contributed by atoms with Crippen LogP contribution >= 0.6 is 11.6 Å². The number of halogens is 1. The van der Waals surface area contributed by atoms with Gasteiger partial charge < -0.3 is 0 Å². The van der Waals surface area contributed by atoms with Crippen molar-refractivity contribution < 1.29 is 14.5 Å². The molecule has 4 aromatic carbocycles. The summed E-state index contributed by atoms with van der Waals surface area (Å²) in [6.07, 6.45) is 1.76. The molecule has 0 aromatic heterocycles. The van der Waals surface area contributed by atoms with E-state index in [9.17, 15) is 19.7 Å². The molecular formula is C31H20ClN3O4. The molecule has 3 aliphatic carbocycles. The summed E-state index contributed by atoms with van der Waals surface area (Å²) in [4.78, 5) is 45.2. The van der Waals surface area contributed by atoms with Gasteiger partial charge in [-0.1, -0.05) is 72.3 Å². The van der Waals surface area contributed by atoms with Gasteiger partial charge in [0.1, 0.15) is 0 Å². The first-order valence-corrected chi connectivity index (χ1v) is 12.9. The fourth-order valence-electron chi connectivity index (χ4n) is 6.76. The third-order valence-electron chi connectivity index (χ3n) is 8.25. The van der Waals surface area contributed by atoms with E-state index in [4.69, 9.17) is 16.6 Å². The van der Waals surface area contributed by atoms with Gasteiger partial charge in [-0.15, -0.1) is 0 Å². The van der Waals surface area contributed by atoms with Gasteiger partial charge in [0.2, 0.25) is 11.8 Å². The van der Waals surface area contributed by atoms with Crippen LogP contribution in [0.2, 0.25) is 5.02 Å². The van der Waals surface area contributed by atoms with Crippen molar-refractivity contribution in [3.63, 3.8) is 0 Å². The van der Waals surface area contributed by atoms with Gasteiger partial charge in [0.05, 0.1) is 38.6 Å². The zero-order valence-corrected chi connectivity index (χ0v) is 21.2. The number of imide groups is 1. The number of carbonyl (C=O) groups is 2. The predicted octanol–water partition coefficient (Wildman–Crippen LogP) is 6.20. The van der Waals surface area contributed by atoms with Gasteiger partial charge in [0.25, 0.3) is 5.69 Å². The molecular weight excluding hydrogens is 514 g/mol. The van der Waals surface area contributed by atoms with Crippen LogP contribution in [0.5, 0.6) is 0 Å². The first-order chi connectivity index (χ1) is 18.9. The van der Waals surface area contributed by atoms with Crippen LogP contribution in [-0.2, 0) is 15.0 Å². The number of amides is 2. The van der Waals surface area contributed by atoms with Crippen LogP contribution in [0.1, 0.15) is 28.2 Å². The van der Waals surface area contributed by atoms with Crippen molar-refractivity contribution in [3.8, 4) is 0 Å². The van der Waals surface area contributed by atoms with E-state index in [1.54, 1.807) is 42.6 Å². The number of carbonyl (C=O) groups excluding carboxylic acids is 2. The molecule has 2 amide bonds. The number of nitrogens with zero attached hydrogens (tertiary/aromatic N) is 3. The average Bonchev–Trinajstić information content (AvgIpc) is 3.23. The van der Waals surface area contributed by atoms with Crippen molar-refractivity contribution >= 4 is 46.7 Å². The Morgan fingerprint density at radius 3 is 2.03 bits per heavy atom. The Bertz CT molecular complexity index is 1680. The second kappa shape index (κ2) is 8.44. The van der Waals surface area contributed by atoms with Crippen LogP contribution in [0.4, 0.5) is 17.1 Å². The average molecular weight is 534 g/mol. The second-order valence-electron chi connectivity index (χ2n) is 10.0. The molecule has 4 aromatic rings. The Balaban J connectivity index is 1.48. The van der Waals surface area contributed by atoms with Crippen LogP contribution in [-0.4, -0.2) is 23.0 Å². The molecule has 1 saturated heterocycles. The highest BCUT2D eigenvalue weighted by molar-refractivity contribution is 6.36. The van der Waals surface area contributed by atoms with Gasteiger partial charge >= 0.3 is 0 Å². The third-order valence-corrected chi connectivity index (χ3v) is 8.57. The molecule has 0 saturated carbocycles. The first kappa shape index (κ1) is 23.5. The molecule has 190 valence electrons. The van der Waals surface area contributed by atoms with Crippen LogP contribution in [0, 0.1) is 22.0 Å². The Kier molecular flexibility index (Phi) is 5.09. The van der Waals surface area contributed by atoms with E-state index in [-0.39, 0.29) is 23.4 Å². The second-order valence-corrected chi connectivity index (χ2v) is 10.4. The lowest BCUT2D eigenvalue weighted by Gasteiger charge is -2.52. The number of benzene rings is 4. The first-order valence-electron chi connectivity index (χ1n) is 12.5. The molecule has 1 heterocycles. The highest BCUT2D eigenvalue weighted by Gasteiger charge is 2.68. The minimum Gasteiger partial charge on any atom is -0.274 e. The van der Waals surface area contributed by atoms with E-state index < -0.39 is 22.2 Å². The number of nitro groups is 1. The highest BCUT2D eigenvalue weighted by atomic mass is 35.5. The number of para-hydroxylation sites is 1. The normalized spacial score (nSPS) is 24.5. The molecule has 8 rings (SSSR count). The van der Waals surface area contributed by atoms with E-state index >= 15 is 0 Å². The molecule has 1 fully saturated rings. The Morgan fingerprint density at radius 2 is 1.41 bits per heavy atom. The fourth-order valence-corrected chi connectivity index (χ4v) is 6.98. The summed E-state index contributed by atoms with van der Waals surface area (Å²) in [7, 11) is 0. The highest BCUT2D eigenvalue weighted by Crippen LogP contribution is 2.64. The molecule has 0 spiro atoms. The molecule has 8 heteroatoms. The number of non-ortho nitro benzene ring substituents is 1. The number of anilines is 1. The Hall–Kier alpha value is -4.62. The summed E-state index contributed by atoms with van der Waals surface area (Å²) >= 11 is 6.49. The van der Waals surface area contributed by atoms with E-state index in [1.165, 1.54) is 17.0 Å². The standard InChI is InChI=1S/C31H20ClN3O4/c32-24-11-5-6-12-25(24)34-29(36)27-26-20-7-1-3-9-22(20)31(28(27)30(34)37,23-10-4-2-8-21(23)26)17-33-18-13-15-19(16-14-18)35(38)39/h1-17,26-28H/t26?,27-,28+,31?/m0/s1. The molecule has 39 heavy (non-hydrogen) atoms. The molecule has 4 aliphatic rings. The SMILES string of the molecule is O=C1[C@H]2C3c4ccccc4C(C=Nc4ccc([N+](=O)[O-])cc4)(c4ccccc43)[C@H]2C(=O)N1c1ccccc1Cl. The zero-order valence-electron chi connectivity index (χ0n) is 20.4. The minimum atomic E-state index is -1.03. The largest absolute Gasteiger partial charge is 0.274 e. The van der Waals surface area contributed by atoms with Crippen LogP contribution in [0.25, 0.3) is 0 Å². The summed E-state index contributed by atoms with van der Waals surface area (Å²) in [6.45, 7) is 0. The van der Waals surface area contributed by atoms with Crippen LogP contribution in [0.15, 0.2) is 102 Å². The lowest BCUT2D eigenvalue weighted by molar-refractivity contribution is -0.384. The van der Waals surface area contributed by atoms with Crippen molar-refractivity contribution in [2.24, 2.45) is 16.8 Å². The fraction of sp³-hybridized carbons (Fsp3) is 0.129. The summed E-state index contributed by atoms with van der Waals surface area (Å²) in [5.41, 5.74) is 3.67. The molecule has 2 bridgehead atoms. The van der Waals surface area contributed by atoms with Gasteiger partial charge in [-0.05, 0) is 46.5 Å². The Labute approximate surface area is 228 Å². The molecule has 7 nitrogen and oxygen atoms in total. The van der Waals surface area contributed by atoms with Crippen molar-refractivity contribution in [2.75, 3.05) is 4.90 Å². The molecule has 0 radical (unpaired) electrons. The third kappa shape index (κ3) is 3.14. The lowest BCUT2D eigenvalue weighted by atomic mass is 9.47. The van der Waals surface area contributed by atoms with Gasteiger partial charge in [-0.25, -0.2) is 4.90 Å². The maximum atomic E-state index is 14.4. The van der Waals surface area contributed by atoms with Crippen molar-refractivity contribution in [1.29, 1.82) is 0 Å². The topological polar surface area (TPSA) is 92.9 Å². The number of aliphatic imine (C=N–C) groups is 1. The van der Waals surface area contributed by atoms with E-state index in [2.05, 4.69) is 0 Å². The smallest absolute Gasteiger partial charge is 0.269 e. The van der Waals surface area contributed by atoms with Gasteiger partial charge in [-0.2, -0.15) is 0 Å².